The second-order valence-electron chi connectivity index (χ2n) is 7.07. The predicted molar refractivity (Wildman–Crippen MR) is 111 cm³/mol. The lowest BCUT2D eigenvalue weighted by Gasteiger charge is -2.29. The lowest BCUT2D eigenvalue weighted by atomic mass is 9.79. The van der Waals surface area contributed by atoms with Crippen molar-refractivity contribution >= 4 is 28.3 Å². The standard InChI is InChI=1S/C24H18N2O3/c1-29-23(28)15-11-12-20-18(13-15)19(14-25-20)24(16-7-3-2-4-8-16)22(27)17-9-5-6-10-21(17)26-24/h2-14,25-26H,1H3/t24-/m0/s1. The Bertz CT molecular complexity index is 1260. The first-order valence-electron chi connectivity index (χ1n) is 9.32. The number of para-hydroxylation sites is 1. The van der Waals surface area contributed by atoms with Crippen LogP contribution in [0.4, 0.5) is 5.69 Å². The van der Waals surface area contributed by atoms with Crippen LogP contribution in [0.25, 0.3) is 10.9 Å². The number of ether oxygens (including phenoxy) is 1. The molecule has 1 aromatic heterocycles. The Morgan fingerprint density at radius 2 is 1.72 bits per heavy atom. The molecule has 0 saturated carbocycles. The number of ketones is 1. The van der Waals surface area contributed by atoms with Gasteiger partial charge in [0.1, 0.15) is 0 Å². The molecule has 0 radical (unpaired) electrons. The lowest BCUT2D eigenvalue weighted by Crippen LogP contribution is -2.39. The zero-order valence-corrected chi connectivity index (χ0v) is 15.7. The summed E-state index contributed by atoms with van der Waals surface area (Å²) in [7, 11) is 1.36. The van der Waals surface area contributed by atoms with Gasteiger partial charge in [0.15, 0.2) is 11.3 Å². The lowest BCUT2D eigenvalue weighted by molar-refractivity contribution is 0.0601. The number of benzene rings is 3. The highest BCUT2D eigenvalue weighted by Crippen LogP contribution is 2.46. The van der Waals surface area contributed by atoms with E-state index in [1.165, 1.54) is 7.11 Å². The smallest absolute Gasteiger partial charge is 0.337 e. The van der Waals surface area contributed by atoms with Crippen LogP contribution in [-0.2, 0) is 10.3 Å². The van der Waals surface area contributed by atoms with E-state index in [2.05, 4.69) is 10.3 Å². The minimum atomic E-state index is -1.09. The fourth-order valence-corrected chi connectivity index (χ4v) is 4.16. The van der Waals surface area contributed by atoms with Gasteiger partial charge in [-0.05, 0) is 35.9 Å². The topological polar surface area (TPSA) is 71.2 Å². The third kappa shape index (κ3) is 2.41. The van der Waals surface area contributed by atoms with Crippen molar-refractivity contribution in [2.75, 3.05) is 12.4 Å². The van der Waals surface area contributed by atoms with Crippen LogP contribution in [0.15, 0.2) is 79.0 Å². The number of hydrogen-bond acceptors (Lipinski definition) is 4. The monoisotopic (exact) mass is 382 g/mol. The summed E-state index contributed by atoms with van der Waals surface area (Å²) in [5.74, 6) is -0.439. The molecule has 1 atom stereocenters. The highest BCUT2D eigenvalue weighted by atomic mass is 16.5. The molecule has 5 nitrogen and oxygen atoms in total. The molecule has 0 bridgehead atoms. The summed E-state index contributed by atoms with van der Waals surface area (Å²) in [4.78, 5) is 29.1. The van der Waals surface area contributed by atoms with Crippen molar-refractivity contribution in [1.29, 1.82) is 0 Å². The largest absolute Gasteiger partial charge is 0.465 e. The van der Waals surface area contributed by atoms with Gasteiger partial charge in [-0.15, -0.1) is 0 Å². The number of carbonyl (C=O) groups is 2. The van der Waals surface area contributed by atoms with Crippen LogP contribution in [0, 0.1) is 0 Å². The predicted octanol–water partition coefficient (Wildman–Crippen LogP) is 4.51. The number of esters is 1. The van der Waals surface area contributed by atoms with E-state index in [0.29, 0.717) is 11.1 Å². The summed E-state index contributed by atoms with van der Waals surface area (Å²) in [5, 5.41) is 4.28. The first-order chi connectivity index (χ1) is 14.1. The molecule has 5 heteroatoms. The van der Waals surface area contributed by atoms with Crippen LogP contribution in [-0.4, -0.2) is 23.8 Å². The highest BCUT2D eigenvalue weighted by Gasteiger charge is 2.49. The van der Waals surface area contributed by atoms with Gasteiger partial charge in [0.05, 0.1) is 12.7 Å². The molecule has 0 aliphatic carbocycles. The zero-order valence-electron chi connectivity index (χ0n) is 15.7. The Kier molecular flexibility index (Phi) is 3.77. The second kappa shape index (κ2) is 6.34. The molecule has 0 fully saturated rings. The molecule has 1 aliphatic rings. The number of rotatable bonds is 3. The molecular formula is C24H18N2O3. The summed E-state index contributed by atoms with van der Waals surface area (Å²) in [6.45, 7) is 0. The quantitative estimate of drug-likeness (QED) is 0.512. The fourth-order valence-electron chi connectivity index (χ4n) is 4.16. The van der Waals surface area contributed by atoms with Gasteiger partial charge < -0.3 is 15.0 Å². The highest BCUT2D eigenvalue weighted by molar-refractivity contribution is 6.17. The molecule has 5 rings (SSSR count). The minimum absolute atomic E-state index is 0.0244. The number of anilines is 1. The van der Waals surface area contributed by atoms with Crippen LogP contribution >= 0.6 is 0 Å². The Morgan fingerprint density at radius 3 is 2.48 bits per heavy atom. The van der Waals surface area contributed by atoms with E-state index in [1.807, 2.05) is 66.9 Å². The molecule has 0 unspecified atom stereocenters. The first kappa shape index (κ1) is 17.3. The molecule has 2 heterocycles. The van der Waals surface area contributed by atoms with Crippen LogP contribution in [0.5, 0.6) is 0 Å². The van der Waals surface area contributed by atoms with Gasteiger partial charge in [-0.2, -0.15) is 0 Å². The van der Waals surface area contributed by atoms with Crippen molar-refractivity contribution in [3.8, 4) is 0 Å². The van der Waals surface area contributed by atoms with E-state index in [-0.39, 0.29) is 5.78 Å². The van der Waals surface area contributed by atoms with E-state index in [4.69, 9.17) is 4.74 Å². The minimum Gasteiger partial charge on any atom is -0.465 e. The van der Waals surface area contributed by atoms with Gasteiger partial charge in [0.2, 0.25) is 0 Å². The number of hydrogen-bond donors (Lipinski definition) is 2. The van der Waals surface area contributed by atoms with Gasteiger partial charge >= 0.3 is 5.97 Å². The molecule has 2 N–H and O–H groups in total. The second-order valence-corrected chi connectivity index (χ2v) is 7.07. The Labute approximate surface area is 167 Å². The number of H-pyrrole nitrogens is 1. The molecule has 1 aliphatic heterocycles. The van der Waals surface area contributed by atoms with E-state index in [1.54, 1.807) is 12.1 Å². The number of fused-ring (bicyclic) bond motifs is 2. The molecular weight excluding hydrogens is 364 g/mol. The average Bonchev–Trinajstić information content (AvgIpc) is 3.33. The van der Waals surface area contributed by atoms with E-state index >= 15 is 0 Å². The van der Waals surface area contributed by atoms with Crippen molar-refractivity contribution in [1.82, 2.24) is 4.98 Å². The van der Waals surface area contributed by atoms with Gasteiger partial charge in [-0.1, -0.05) is 42.5 Å². The van der Waals surface area contributed by atoms with Crippen LogP contribution < -0.4 is 5.32 Å². The van der Waals surface area contributed by atoms with Crippen LogP contribution in [0.2, 0.25) is 0 Å². The molecule has 0 saturated heterocycles. The SMILES string of the molecule is COC(=O)c1ccc2[nH]cc([C@]3(c4ccccc4)Nc4ccccc4C3=O)c2c1. The van der Waals surface area contributed by atoms with Gasteiger partial charge in [-0.3, -0.25) is 4.79 Å². The normalized spacial score (nSPS) is 17.8. The van der Waals surface area contributed by atoms with Gasteiger partial charge in [-0.25, -0.2) is 4.79 Å². The zero-order chi connectivity index (χ0) is 20.0. The number of Topliss-reactive ketones (excluding diaryl/α,β-unsaturated/α-hetero) is 1. The summed E-state index contributed by atoms with van der Waals surface area (Å²) in [6.07, 6.45) is 1.84. The molecule has 29 heavy (non-hydrogen) atoms. The van der Waals surface area contributed by atoms with Gasteiger partial charge in [0.25, 0.3) is 0 Å². The number of methoxy groups -OCH3 is 1. The molecule has 4 aromatic rings. The average molecular weight is 382 g/mol. The molecule has 0 spiro atoms. The third-order valence-electron chi connectivity index (χ3n) is 5.55. The molecule has 0 amide bonds. The summed E-state index contributed by atoms with van der Waals surface area (Å²) in [6, 6.07) is 22.5. The number of carbonyl (C=O) groups excluding carboxylic acids is 2. The van der Waals surface area contributed by atoms with Gasteiger partial charge in [0, 0.05) is 33.9 Å². The van der Waals surface area contributed by atoms with Crippen molar-refractivity contribution in [3.05, 3.63) is 101 Å². The maximum absolute atomic E-state index is 13.8. The number of aromatic nitrogens is 1. The number of nitrogens with one attached hydrogen (secondary N) is 2. The van der Waals surface area contributed by atoms with E-state index in [0.717, 1.165) is 27.7 Å². The molecule has 142 valence electrons. The van der Waals surface area contributed by atoms with Crippen molar-refractivity contribution in [3.63, 3.8) is 0 Å². The van der Waals surface area contributed by atoms with Crippen molar-refractivity contribution in [2.24, 2.45) is 0 Å². The summed E-state index contributed by atoms with van der Waals surface area (Å²) >= 11 is 0. The molecule has 3 aromatic carbocycles. The Hall–Kier alpha value is -3.86. The fraction of sp³-hybridized carbons (Fsp3) is 0.0833. The van der Waals surface area contributed by atoms with Crippen LogP contribution in [0.1, 0.15) is 31.8 Å². The van der Waals surface area contributed by atoms with Crippen molar-refractivity contribution < 1.29 is 14.3 Å². The maximum atomic E-state index is 13.8. The first-order valence-corrected chi connectivity index (χ1v) is 9.32. The summed E-state index contributed by atoms with van der Waals surface area (Å²) in [5.41, 5.74) is 3.24. The summed E-state index contributed by atoms with van der Waals surface area (Å²) < 4.78 is 4.88. The Balaban J connectivity index is 1.80. The Morgan fingerprint density at radius 1 is 0.966 bits per heavy atom. The van der Waals surface area contributed by atoms with Crippen LogP contribution in [0.3, 0.4) is 0 Å². The van der Waals surface area contributed by atoms with Crippen molar-refractivity contribution in [2.45, 2.75) is 5.54 Å². The third-order valence-corrected chi connectivity index (χ3v) is 5.55. The number of aromatic amines is 1. The van der Waals surface area contributed by atoms with E-state index < -0.39 is 11.5 Å². The van der Waals surface area contributed by atoms with E-state index in [9.17, 15) is 9.59 Å². The maximum Gasteiger partial charge on any atom is 0.337 e.